The first-order chi connectivity index (χ1) is 10.5. The first kappa shape index (κ1) is 19.7. The minimum absolute atomic E-state index is 0.114. The molecule has 1 N–H and O–H groups in total. The second kappa shape index (κ2) is 7.99. The normalized spacial score (nSPS) is 13.4. The van der Waals surface area contributed by atoms with Crippen LogP contribution in [0.2, 0.25) is 0 Å². The standard InChI is InChI=1S/C19H28N2OS/c1-18(2,3)17(22)16(21-19(4,5)6)13-23-12-15-10-8-7-9-14(15)11-20/h7-10,16,21H,12-13H2,1-6H3. The van der Waals surface area contributed by atoms with E-state index >= 15 is 0 Å². The van der Waals surface area contributed by atoms with Gasteiger partial charge in [0, 0.05) is 22.5 Å². The fourth-order valence-corrected chi connectivity index (χ4v) is 3.33. The molecule has 0 spiro atoms. The van der Waals surface area contributed by atoms with Crippen molar-refractivity contribution in [3.8, 4) is 6.07 Å². The number of thioether (sulfide) groups is 1. The molecule has 0 aliphatic rings. The molecule has 4 heteroatoms. The van der Waals surface area contributed by atoms with Gasteiger partial charge in [0.25, 0.3) is 0 Å². The summed E-state index contributed by atoms with van der Waals surface area (Å²) in [6.07, 6.45) is 0. The smallest absolute Gasteiger partial charge is 0.155 e. The maximum Gasteiger partial charge on any atom is 0.155 e. The van der Waals surface area contributed by atoms with Crippen LogP contribution in [0.1, 0.15) is 52.7 Å². The maximum atomic E-state index is 12.7. The van der Waals surface area contributed by atoms with Gasteiger partial charge in [-0.1, -0.05) is 39.0 Å². The maximum absolute atomic E-state index is 12.7. The van der Waals surface area contributed by atoms with Crippen LogP contribution in [0.4, 0.5) is 0 Å². The van der Waals surface area contributed by atoms with Crippen LogP contribution in [-0.4, -0.2) is 23.1 Å². The Bertz CT molecular complexity index is 576. The molecule has 1 rings (SSSR count). The number of hydrogen-bond acceptors (Lipinski definition) is 4. The van der Waals surface area contributed by atoms with Crippen molar-refractivity contribution in [2.75, 3.05) is 5.75 Å². The molecule has 0 fully saturated rings. The molecule has 1 unspecified atom stereocenters. The molecule has 0 aliphatic carbocycles. The second-order valence-electron chi connectivity index (χ2n) is 7.85. The van der Waals surface area contributed by atoms with Crippen molar-refractivity contribution in [2.45, 2.75) is 58.9 Å². The highest BCUT2D eigenvalue weighted by Gasteiger charge is 2.31. The molecule has 0 amide bonds. The number of carbonyl (C=O) groups excluding carboxylic acids is 1. The summed E-state index contributed by atoms with van der Waals surface area (Å²) in [7, 11) is 0. The summed E-state index contributed by atoms with van der Waals surface area (Å²) in [6.45, 7) is 12.1. The van der Waals surface area contributed by atoms with Crippen molar-refractivity contribution in [3.63, 3.8) is 0 Å². The number of benzene rings is 1. The lowest BCUT2D eigenvalue weighted by molar-refractivity contribution is -0.128. The zero-order valence-electron chi connectivity index (χ0n) is 15.1. The number of rotatable bonds is 6. The molecule has 0 saturated carbocycles. The zero-order valence-corrected chi connectivity index (χ0v) is 15.9. The number of hydrogen-bond donors (Lipinski definition) is 1. The summed E-state index contributed by atoms with van der Waals surface area (Å²) < 4.78 is 0. The summed E-state index contributed by atoms with van der Waals surface area (Å²) >= 11 is 1.69. The molecular weight excluding hydrogens is 304 g/mol. The molecule has 126 valence electrons. The zero-order chi connectivity index (χ0) is 17.7. The van der Waals surface area contributed by atoms with E-state index in [1.165, 1.54) is 0 Å². The lowest BCUT2D eigenvalue weighted by atomic mass is 9.86. The Morgan fingerprint density at radius 3 is 2.35 bits per heavy atom. The quantitative estimate of drug-likeness (QED) is 0.850. The molecule has 23 heavy (non-hydrogen) atoms. The highest BCUT2D eigenvalue weighted by Crippen LogP contribution is 2.23. The van der Waals surface area contributed by atoms with Gasteiger partial charge in [-0.15, -0.1) is 0 Å². The van der Waals surface area contributed by atoms with Gasteiger partial charge in [-0.05, 0) is 32.4 Å². The summed E-state index contributed by atoms with van der Waals surface area (Å²) in [4.78, 5) is 12.7. The highest BCUT2D eigenvalue weighted by molar-refractivity contribution is 7.98. The van der Waals surface area contributed by atoms with Crippen molar-refractivity contribution in [2.24, 2.45) is 5.41 Å². The van der Waals surface area contributed by atoms with Gasteiger partial charge in [0.05, 0.1) is 17.7 Å². The Morgan fingerprint density at radius 2 is 1.83 bits per heavy atom. The minimum atomic E-state index is -0.367. The monoisotopic (exact) mass is 332 g/mol. The number of Topliss-reactive ketones (excluding diaryl/α,β-unsaturated/α-hetero) is 1. The van der Waals surface area contributed by atoms with E-state index in [1.807, 2.05) is 45.0 Å². The first-order valence-corrected chi connectivity index (χ1v) is 9.08. The average Bonchev–Trinajstić information content (AvgIpc) is 2.43. The van der Waals surface area contributed by atoms with Gasteiger partial charge in [0.1, 0.15) is 0 Å². The van der Waals surface area contributed by atoms with Crippen molar-refractivity contribution >= 4 is 17.5 Å². The number of ketones is 1. The molecule has 1 aromatic carbocycles. The lowest BCUT2D eigenvalue weighted by Gasteiger charge is -2.31. The molecule has 0 radical (unpaired) electrons. The molecule has 0 bridgehead atoms. The third-order valence-electron chi connectivity index (χ3n) is 3.34. The fraction of sp³-hybridized carbons (Fsp3) is 0.579. The number of nitrogens with zero attached hydrogens (tertiary/aromatic N) is 1. The van der Waals surface area contributed by atoms with Crippen LogP contribution in [0.5, 0.6) is 0 Å². The van der Waals surface area contributed by atoms with E-state index in [4.69, 9.17) is 5.26 Å². The van der Waals surface area contributed by atoms with Gasteiger partial charge in [-0.3, -0.25) is 4.79 Å². The van der Waals surface area contributed by atoms with Crippen LogP contribution in [0.15, 0.2) is 24.3 Å². The van der Waals surface area contributed by atoms with Gasteiger partial charge in [-0.2, -0.15) is 17.0 Å². The van der Waals surface area contributed by atoms with E-state index in [0.29, 0.717) is 11.3 Å². The van der Waals surface area contributed by atoms with Gasteiger partial charge < -0.3 is 5.32 Å². The molecule has 0 saturated heterocycles. The van der Waals surface area contributed by atoms with Crippen molar-refractivity contribution in [3.05, 3.63) is 35.4 Å². The molecule has 0 aromatic heterocycles. The topological polar surface area (TPSA) is 52.9 Å². The van der Waals surface area contributed by atoms with E-state index < -0.39 is 0 Å². The van der Waals surface area contributed by atoms with Crippen LogP contribution >= 0.6 is 11.8 Å². The molecule has 1 aromatic rings. The van der Waals surface area contributed by atoms with Gasteiger partial charge in [-0.25, -0.2) is 0 Å². The van der Waals surface area contributed by atoms with Crippen LogP contribution in [0, 0.1) is 16.7 Å². The number of nitrogens with one attached hydrogen (secondary N) is 1. The minimum Gasteiger partial charge on any atom is -0.302 e. The summed E-state index contributed by atoms with van der Waals surface area (Å²) in [5.41, 5.74) is 1.25. The van der Waals surface area contributed by atoms with Crippen LogP contribution < -0.4 is 5.32 Å². The van der Waals surface area contributed by atoms with Crippen molar-refractivity contribution in [1.82, 2.24) is 5.32 Å². The van der Waals surface area contributed by atoms with E-state index in [1.54, 1.807) is 11.8 Å². The van der Waals surface area contributed by atoms with Gasteiger partial charge in [0.15, 0.2) is 5.78 Å². The molecular formula is C19H28N2OS. The van der Waals surface area contributed by atoms with E-state index in [-0.39, 0.29) is 22.8 Å². The Hall–Kier alpha value is -1.31. The Balaban J connectivity index is 2.75. The van der Waals surface area contributed by atoms with Crippen molar-refractivity contribution in [1.29, 1.82) is 5.26 Å². The Labute approximate surface area is 144 Å². The average molecular weight is 333 g/mol. The largest absolute Gasteiger partial charge is 0.302 e. The van der Waals surface area contributed by atoms with Crippen LogP contribution in [0.3, 0.4) is 0 Å². The molecule has 0 heterocycles. The number of carbonyl (C=O) groups is 1. The molecule has 0 aliphatic heterocycles. The Morgan fingerprint density at radius 1 is 1.22 bits per heavy atom. The second-order valence-corrected chi connectivity index (χ2v) is 8.88. The van der Waals surface area contributed by atoms with Crippen LogP contribution in [0.25, 0.3) is 0 Å². The predicted molar refractivity (Wildman–Crippen MR) is 98.5 cm³/mol. The van der Waals surface area contributed by atoms with E-state index in [0.717, 1.165) is 11.3 Å². The Kier molecular flexibility index (Phi) is 6.85. The lowest BCUT2D eigenvalue weighted by Crippen LogP contribution is -2.52. The van der Waals surface area contributed by atoms with E-state index in [9.17, 15) is 4.79 Å². The third-order valence-corrected chi connectivity index (χ3v) is 4.43. The SMILES string of the molecule is CC(C)(C)NC(CSCc1ccccc1C#N)C(=O)C(C)(C)C. The van der Waals surface area contributed by atoms with Crippen LogP contribution in [-0.2, 0) is 10.5 Å². The molecule has 3 nitrogen and oxygen atoms in total. The first-order valence-electron chi connectivity index (χ1n) is 7.92. The van der Waals surface area contributed by atoms with Gasteiger partial charge in [0.2, 0.25) is 0 Å². The van der Waals surface area contributed by atoms with E-state index in [2.05, 4.69) is 32.2 Å². The van der Waals surface area contributed by atoms with Gasteiger partial charge >= 0.3 is 0 Å². The predicted octanol–water partition coefficient (Wildman–Crippen LogP) is 4.16. The highest BCUT2D eigenvalue weighted by atomic mass is 32.2. The summed E-state index contributed by atoms with van der Waals surface area (Å²) in [5, 5.41) is 12.6. The van der Waals surface area contributed by atoms with Crippen molar-refractivity contribution < 1.29 is 4.79 Å². The summed E-state index contributed by atoms with van der Waals surface area (Å²) in [6, 6.07) is 9.67. The number of nitriles is 1. The summed E-state index contributed by atoms with van der Waals surface area (Å²) in [5.74, 6) is 1.67. The fourth-order valence-electron chi connectivity index (χ4n) is 2.27. The third kappa shape index (κ3) is 6.76. The molecule has 1 atom stereocenters.